The normalized spacial score (nSPS) is 10.8. The van der Waals surface area contributed by atoms with Crippen molar-refractivity contribution in [2.24, 2.45) is 5.73 Å². The number of nitrogens with two attached hydrogens (primary N) is 1. The summed E-state index contributed by atoms with van der Waals surface area (Å²) in [6.07, 6.45) is 1.94. The van der Waals surface area contributed by atoms with E-state index in [1.54, 1.807) is 5.38 Å². The lowest BCUT2D eigenvalue weighted by Crippen LogP contribution is -2.25. The van der Waals surface area contributed by atoms with Crippen LogP contribution in [0.5, 0.6) is 5.75 Å². The number of nitrogens with one attached hydrogen (secondary N) is 1. The Hall–Kier alpha value is -1.92. The summed E-state index contributed by atoms with van der Waals surface area (Å²) in [6.45, 7) is 5.26. The van der Waals surface area contributed by atoms with Crippen molar-refractivity contribution in [2.45, 2.75) is 32.8 Å². The zero-order chi connectivity index (χ0) is 16.7. The molecular formula is C17H23N3O2S. The highest BCUT2D eigenvalue weighted by molar-refractivity contribution is 7.13. The molecule has 2 rings (SSSR count). The molecule has 0 aliphatic heterocycles. The molecule has 1 amide bonds. The topological polar surface area (TPSA) is 77.2 Å². The first kappa shape index (κ1) is 17.4. The van der Waals surface area contributed by atoms with Crippen molar-refractivity contribution in [1.29, 1.82) is 0 Å². The van der Waals surface area contributed by atoms with E-state index in [-0.39, 0.29) is 12.0 Å². The van der Waals surface area contributed by atoms with Gasteiger partial charge in [0.25, 0.3) is 5.91 Å². The molecule has 124 valence electrons. The van der Waals surface area contributed by atoms with Gasteiger partial charge >= 0.3 is 0 Å². The fraction of sp³-hybridized carbons (Fsp3) is 0.412. The minimum atomic E-state index is -0.135. The Labute approximate surface area is 140 Å². The third-order valence-corrected chi connectivity index (χ3v) is 4.02. The van der Waals surface area contributed by atoms with Gasteiger partial charge in [-0.1, -0.05) is 0 Å². The molecule has 23 heavy (non-hydrogen) atoms. The molecule has 3 N–H and O–H groups in total. The number of aromatic nitrogens is 1. The maximum atomic E-state index is 12.0. The number of unbranched alkanes of at least 4 members (excludes halogenated alkanes) is 1. The van der Waals surface area contributed by atoms with E-state index in [1.165, 1.54) is 11.3 Å². The Balaban J connectivity index is 1.97. The lowest BCUT2D eigenvalue weighted by molar-refractivity contribution is 0.0949. The predicted octanol–water partition coefficient (Wildman–Crippen LogP) is 3.07. The Morgan fingerprint density at radius 3 is 2.70 bits per heavy atom. The summed E-state index contributed by atoms with van der Waals surface area (Å²) in [7, 11) is 0. The predicted molar refractivity (Wildman–Crippen MR) is 93.9 cm³/mol. The van der Waals surface area contributed by atoms with Crippen LogP contribution >= 0.6 is 11.3 Å². The second kappa shape index (κ2) is 8.64. The van der Waals surface area contributed by atoms with E-state index in [4.69, 9.17) is 10.5 Å². The summed E-state index contributed by atoms with van der Waals surface area (Å²) in [5, 5.41) is 5.47. The van der Waals surface area contributed by atoms with Crippen molar-refractivity contribution in [3.8, 4) is 16.3 Å². The third-order valence-electron chi connectivity index (χ3n) is 3.13. The monoisotopic (exact) mass is 333 g/mol. The summed E-state index contributed by atoms with van der Waals surface area (Å²) in [5.41, 5.74) is 6.87. The highest BCUT2D eigenvalue weighted by Gasteiger charge is 2.11. The molecule has 0 saturated carbocycles. The number of thiazole rings is 1. The van der Waals surface area contributed by atoms with Crippen molar-refractivity contribution in [2.75, 3.05) is 13.1 Å². The van der Waals surface area contributed by atoms with Crippen LogP contribution in [0.4, 0.5) is 0 Å². The minimum Gasteiger partial charge on any atom is -0.491 e. The average molecular weight is 333 g/mol. The molecule has 0 bridgehead atoms. The van der Waals surface area contributed by atoms with Crippen LogP contribution in [0.3, 0.4) is 0 Å². The number of rotatable bonds is 8. The molecule has 5 nitrogen and oxygen atoms in total. The van der Waals surface area contributed by atoms with Crippen molar-refractivity contribution in [1.82, 2.24) is 10.3 Å². The van der Waals surface area contributed by atoms with Crippen LogP contribution in [0, 0.1) is 0 Å². The minimum absolute atomic E-state index is 0.135. The Morgan fingerprint density at radius 1 is 1.30 bits per heavy atom. The molecule has 0 unspecified atom stereocenters. The average Bonchev–Trinajstić information content (AvgIpc) is 3.01. The second-order valence-electron chi connectivity index (χ2n) is 5.48. The van der Waals surface area contributed by atoms with Gasteiger partial charge in [-0.15, -0.1) is 11.3 Å². The van der Waals surface area contributed by atoms with Crippen LogP contribution in [-0.2, 0) is 0 Å². The molecule has 1 aromatic carbocycles. The van der Waals surface area contributed by atoms with Crippen molar-refractivity contribution < 1.29 is 9.53 Å². The number of hydrogen-bond acceptors (Lipinski definition) is 5. The maximum absolute atomic E-state index is 12.0. The molecule has 0 aliphatic carbocycles. The van der Waals surface area contributed by atoms with Gasteiger partial charge in [0.15, 0.2) is 0 Å². The zero-order valence-corrected chi connectivity index (χ0v) is 14.4. The van der Waals surface area contributed by atoms with Gasteiger partial charge in [0.1, 0.15) is 16.5 Å². The quantitative estimate of drug-likeness (QED) is 0.728. The Bertz CT molecular complexity index is 623. The van der Waals surface area contributed by atoms with Crippen LogP contribution in [0.2, 0.25) is 0 Å². The number of benzene rings is 1. The van der Waals surface area contributed by atoms with Gasteiger partial charge in [0.05, 0.1) is 6.10 Å². The van der Waals surface area contributed by atoms with Gasteiger partial charge < -0.3 is 15.8 Å². The molecule has 0 aliphatic rings. The van der Waals surface area contributed by atoms with Crippen LogP contribution in [0.25, 0.3) is 10.6 Å². The molecule has 0 spiro atoms. The van der Waals surface area contributed by atoms with Crippen LogP contribution in [0.1, 0.15) is 37.2 Å². The number of nitrogens with zero attached hydrogens (tertiary/aromatic N) is 1. The highest BCUT2D eigenvalue weighted by Crippen LogP contribution is 2.26. The van der Waals surface area contributed by atoms with E-state index in [0.717, 1.165) is 29.2 Å². The fourth-order valence-corrected chi connectivity index (χ4v) is 2.83. The van der Waals surface area contributed by atoms with Gasteiger partial charge in [-0.05, 0) is 57.5 Å². The summed E-state index contributed by atoms with van der Waals surface area (Å²) in [6, 6.07) is 7.76. The SMILES string of the molecule is CC(C)Oc1ccc(-c2nc(C(=O)NCCCCN)cs2)cc1. The van der Waals surface area contributed by atoms with E-state index in [9.17, 15) is 4.79 Å². The summed E-state index contributed by atoms with van der Waals surface area (Å²) < 4.78 is 5.62. The molecule has 1 aromatic heterocycles. The number of carbonyl (C=O) groups is 1. The molecule has 1 heterocycles. The number of carbonyl (C=O) groups excluding carboxylic acids is 1. The van der Waals surface area contributed by atoms with Crippen LogP contribution in [-0.4, -0.2) is 30.1 Å². The van der Waals surface area contributed by atoms with Crippen molar-refractivity contribution in [3.63, 3.8) is 0 Å². The first-order valence-corrected chi connectivity index (χ1v) is 8.69. The molecule has 2 aromatic rings. The molecule has 0 radical (unpaired) electrons. The van der Waals surface area contributed by atoms with Crippen molar-refractivity contribution >= 4 is 17.2 Å². The fourth-order valence-electron chi connectivity index (χ4n) is 2.02. The summed E-state index contributed by atoms with van der Waals surface area (Å²) in [4.78, 5) is 16.4. The molecule has 6 heteroatoms. The summed E-state index contributed by atoms with van der Waals surface area (Å²) in [5.74, 6) is 0.697. The van der Waals surface area contributed by atoms with Gasteiger partial charge in [0, 0.05) is 17.5 Å². The van der Waals surface area contributed by atoms with E-state index < -0.39 is 0 Å². The van der Waals surface area contributed by atoms with E-state index >= 15 is 0 Å². The standard InChI is InChI=1S/C17H23N3O2S/c1-12(2)22-14-7-5-13(6-8-14)17-20-15(11-23-17)16(21)19-10-4-3-9-18/h5-8,11-12H,3-4,9-10,18H2,1-2H3,(H,19,21). The van der Waals surface area contributed by atoms with Crippen LogP contribution < -0.4 is 15.8 Å². The summed E-state index contributed by atoms with van der Waals surface area (Å²) >= 11 is 1.46. The Kier molecular flexibility index (Phi) is 6.55. The first-order chi connectivity index (χ1) is 11.1. The molecular weight excluding hydrogens is 310 g/mol. The molecule has 0 saturated heterocycles. The lowest BCUT2D eigenvalue weighted by Gasteiger charge is -2.09. The number of ether oxygens (including phenoxy) is 1. The van der Waals surface area contributed by atoms with Gasteiger partial charge in [-0.3, -0.25) is 4.79 Å². The lowest BCUT2D eigenvalue weighted by atomic mass is 10.2. The van der Waals surface area contributed by atoms with Gasteiger partial charge in [-0.2, -0.15) is 0 Å². The second-order valence-corrected chi connectivity index (χ2v) is 6.34. The Morgan fingerprint density at radius 2 is 2.04 bits per heavy atom. The van der Waals surface area contributed by atoms with Gasteiger partial charge in [0.2, 0.25) is 0 Å². The number of amides is 1. The zero-order valence-electron chi connectivity index (χ0n) is 13.5. The first-order valence-electron chi connectivity index (χ1n) is 7.81. The van der Waals surface area contributed by atoms with E-state index in [2.05, 4.69) is 10.3 Å². The van der Waals surface area contributed by atoms with E-state index in [1.807, 2.05) is 38.1 Å². The largest absolute Gasteiger partial charge is 0.491 e. The van der Waals surface area contributed by atoms with Crippen molar-refractivity contribution in [3.05, 3.63) is 35.3 Å². The van der Waals surface area contributed by atoms with Gasteiger partial charge in [-0.25, -0.2) is 4.98 Å². The molecule has 0 fully saturated rings. The van der Waals surface area contributed by atoms with E-state index in [0.29, 0.717) is 18.8 Å². The number of hydrogen-bond donors (Lipinski definition) is 2. The highest BCUT2D eigenvalue weighted by atomic mass is 32.1. The molecule has 0 atom stereocenters. The maximum Gasteiger partial charge on any atom is 0.270 e. The third kappa shape index (κ3) is 5.33. The van der Waals surface area contributed by atoms with Crippen LogP contribution in [0.15, 0.2) is 29.6 Å². The smallest absolute Gasteiger partial charge is 0.270 e.